The van der Waals surface area contributed by atoms with Crippen molar-refractivity contribution in [2.24, 2.45) is 11.7 Å². The standard InChI is InChI=1S/C15H23NO/c1-11(17-2)8-9-15(16)14-10-13(14)12-6-4-3-5-7-12/h3-7,11,13-15H,8-10,16H2,1-2H3. The summed E-state index contributed by atoms with van der Waals surface area (Å²) >= 11 is 0. The van der Waals surface area contributed by atoms with Crippen molar-refractivity contribution < 1.29 is 4.74 Å². The van der Waals surface area contributed by atoms with Gasteiger partial charge in [-0.3, -0.25) is 0 Å². The van der Waals surface area contributed by atoms with Gasteiger partial charge in [-0.2, -0.15) is 0 Å². The molecule has 0 aromatic heterocycles. The second kappa shape index (κ2) is 5.65. The van der Waals surface area contributed by atoms with Crippen LogP contribution in [0, 0.1) is 5.92 Å². The van der Waals surface area contributed by atoms with E-state index in [1.807, 2.05) is 0 Å². The first-order valence-electron chi connectivity index (χ1n) is 6.55. The van der Waals surface area contributed by atoms with E-state index in [0.717, 1.165) is 12.8 Å². The zero-order valence-corrected chi connectivity index (χ0v) is 10.8. The molecule has 0 heterocycles. The van der Waals surface area contributed by atoms with Gasteiger partial charge in [-0.25, -0.2) is 0 Å². The normalized spacial score (nSPS) is 26.5. The molecular weight excluding hydrogens is 210 g/mol. The van der Waals surface area contributed by atoms with Gasteiger partial charge in [0.25, 0.3) is 0 Å². The van der Waals surface area contributed by atoms with Crippen molar-refractivity contribution in [2.75, 3.05) is 7.11 Å². The van der Waals surface area contributed by atoms with E-state index in [9.17, 15) is 0 Å². The van der Waals surface area contributed by atoms with E-state index >= 15 is 0 Å². The quantitative estimate of drug-likeness (QED) is 0.820. The number of hydrogen-bond acceptors (Lipinski definition) is 2. The van der Waals surface area contributed by atoms with Gasteiger partial charge in [-0.1, -0.05) is 30.3 Å². The van der Waals surface area contributed by atoms with Gasteiger partial charge in [-0.15, -0.1) is 0 Å². The minimum atomic E-state index is 0.329. The molecule has 1 saturated carbocycles. The van der Waals surface area contributed by atoms with Crippen LogP contribution in [-0.4, -0.2) is 19.3 Å². The number of benzene rings is 1. The first-order chi connectivity index (χ1) is 8.22. The molecule has 0 saturated heterocycles. The summed E-state index contributed by atoms with van der Waals surface area (Å²) in [5.41, 5.74) is 7.71. The summed E-state index contributed by atoms with van der Waals surface area (Å²) in [6, 6.07) is 11.1. The Morgan fingerprint density at radius 1 is 1.29 bits per heavy atom. The summed E-state index contributed by atoms with van der Waals surface area (Å²) in [6.45, 7) is 2.11. The molecule has 0 bridgehead atoms. The van der Waals surface area contributed by atoms with E-state index in [4.69, 9.17) is 10.5 Å². The maximum Gasteiger partial charge on any atom is 0.0543 e. The molecular formula is C15H23NO. The SMILES string of the molecule is COC(C)CCC(N)C1CC1c1ccccc1. The van der Waals surface area contributed by atoms with Crippen molar-refractivity contribution in [1.82, 2.24) is 0 Å². The second-order valence-electron chi connectivity index (χ2n) is 5.20. The van der Waals surface area contributed by atoms with E-state index in [0.29, 0.717) is 24.0 Å². The van der Waals surface area contributed by atoms with Crippen LogP contribution in [0.15, 0.2) is 30.3 Å². The zero-order valence-electron chi connectivity index (χ0n) is 10.8. The molecule has 2 rings (SSSR count). The predicted octanol–water partition coefficient (Wildman–Crippen LogP) is 2.93. The molecule has 1 fully saturated rings. The van der Waals surface area contributed by atoms with E-state index in [-0.39, 0.29) is 0 Å². The van der Waals surface area contributed by atoms with Crippen LogP contribution in [0.25, 0.3) is 0 Å². The fourth-order valence-corrected chi connectivity index (χ4v) is 2.53. The summed E-state index contributed by atoms with van der Waals surface area (Å²) in [6.07, 6.45) is 3.72. The molecule has 94 valence electrons. The zero-order chi connectivity index (χ0) is 12.3. The van der Waals surface area contributed by atoms with Crippen molar-refractivity contribution in [3.63, 3.8) is 0 Å². The number of nitrogens with two attached hydrogens (primary N) is 1. The van der Waals surface area contributed by atoms with E-state index in [1.54, 1.807) is 7.11 Å². The monoisotopic (exact) mass is 233 g/mol. The molecule has 0 amide bonds. The van der Waals surface area contributed by atoms with Crippen LogP contribution in [0.4, 0.5) is 0 Å². The summed E-state index contributed by atoms with van der Waals surface area (Å²) in [5.74, 6) is 1.38. The minimum Gasteiger partial charge on any atom is -0.382 e. The largest absolute Gasteiger partial charge is 0.382 e. The minimum absolute atomic E-state index is 0.329. The number of ether oxygens (including phenoxy) is 1. The van der Waals surface area contributed by atoms with Gasteiger partial charge in [0.2, 0.25) is 0 Å². The highest BCUT2D eigenvalue weighted by atomic mass is 16.5. The Morgan fingerprint density at radius 3 is 2.65 bits per heavy atom. The molecule has 1 aromatic rings. The third-order valence-electron chi connectivity index (χ3n) is 3.93. The topological polar surface area (TPSA) is 35.2 Å². The maximum absolute atomic E-state index is 6.25. The first-order valence-corrected chi connectivity index (χ1v) is 6.55. The van der Waals surface area contributed by atoms with Gasteiger partial charge in [0, 0.05) is 13.2 Å². The van der Waals surface area contributed by atoms with Gasteiger partial charge < -0.3 is 10.5 Å². The van der Waals surface area contributed by atoms with Crippen LogP contribution >= 0.6 is 0 Å². The molecule has 1 aliphatic rings. The smallest absolute Gasteiger partial charge is 0.0543 e. The average molecular weight is 233 g/mol. The Kier molecular flexibility index (Phi) is 4.19. The van der Waals surface area contributed by atoms with E-state index in [2.05, 4.69) is 37.3 Å². The van der Waals surface area contributed by atoms with Crippen molar-refractivity contribution in [3.8, 4) is 0 Å². The molecule has 2 heteroatoms. The van der Waals surface area contributed by atoms with Gasteiger partial charge in [0.15, 0.2) is 0 Å². The van der Waals surface area contributed by atoms with Crippen molar-refractivity contribution in [2.45, 2.75) is 44.2 Å². The molecule has 2 nitrogen and oxygen atoms in total. The summed E-state index contributed by atoms with van der Waals surface area (Å²) in [4.78, 5) is 0. The van der Waals surface area contributed by atoms with E-state index < -0.39 is 0 Å². The molecule has 1 aliphatic carbocycles. The van der Waals surface area contributed by atoms with Crippen molar-refractivity contribution in [3.05, 3.63) is 35.9 Å². The van der Waals surface area contributed by atoms with Crippen LogP contribution in [0.5, 0.6) is 0 Å². The second-order valence-corrected chi connectivity index (χ2v) is 5.20. The van der Waals surface area contributed by atoms with Crippen LogP contribution in [0.2, 0.25) is 0 Å². The molecule has 0 radical (unpaired) electrons. The third-order valence-corrected chi connectivity index (χ3v) is 3.93. The van der Waals surface area contributed by atoms with Crippen molar-refractivity contribution in [1.29, 1.82) is 0 Å². The molecule has 0 spiro atoms. The maximum atomic E-state index is 6.25. The Balaban J connectivity index is 1.78. The Bertz CT molecular complexity index is 338. The lowest BCUT2D eigenvalue weighted by Crippen LogP contribution is -2.25. The highest BCUT2D eigenvalue weighted by Crippen LogP contribution is 2.49. The molecule has 17 heavy (non-hydrogen) atoms. The van der Waals surface area contributed by atoms with Crippen LogP contribution in [0.3, 0.4) is 0 Å². The summed E-state index contributed by atoms with van der Waals surface area (Å²) in [7, 11) is 1.76. The van der Waals surface area contributed by atoms with Gasteiger partial charge in [0.1, 0.15) is 0 Å². The summed E-state index contributed by atoms with van der Waals surface area (Å²) in [5, 5.41) is 0. The molecule has 1 aromatic carbocycles. The highest BCUT2D eigenvalue weighted by Gasteiger charge is 2.41. The summed E-state index contributed by atoms with van der Waals surface area (Å²) < 4.78 is 5.26. The predicted molar refractivity (Wildman–Crippen MR) is 71.0 cm³/mol. The fraction of sp³-hybridized carbons (Fsp3) is 0.600. The number of methoxy groups -OCH3 is 1. The Morgan fingerprint density at radius 2 is 2.00 bits per heavy atom. The molecule has 4 unspecified atom stereocenters. The van der Waals surface area contributed by atoms with Crippen molar-refractivity contribution >= 4 is 0 Å². The third kappa shape index (κ3) is 3.30. The van der Waals surface area contributed by atoms with Crippen LogP contribution in [0.1, 0.15) is 37.7 Å². The lowest BCUT2D eigenvalue weighted by molar-refractivity contribution is 0.106. The van der Waals surface area contributed by atoms with Crippen LogP contribution < -0.4 is 5.73 Å². The van der Waals surface area contributed by atoms with E-state index in [1.165, 1.54) is 12.0 Å². The fourth-order valence-electron chi connectivity index (χ4n) is 2.53. The Hall–Kier alpha value is -0.860. The van der Waals surface area contributed by atoms with Crippen LogP contribution in [-0.2, 0) is 4.74 Å². The number of rotatable bonds is 6. The van der Waals surface area contributed by atoms with Gasteiger partial charge >= 0.3 is 0 Å². The molecule has 2 N–H and O–H groups in total. The Labute approximate surface area is 104 Å². The molecule has 0 aliphatic heterocycles. The average Bonchev–Trinajstić information content (AvgIpc) is 3.17. The lowest BCUT2D eigenvalue weighted by Gasteiger charge is -2.14. The lowest BCUT2D eigenvalue weighted by atomic mass is 10.0. The number of hydrogen-bond donors (Lipinski definition) is 1. The van der Waals surface area contributed by atoms with Gasteiger partial charge in [-0.05, 0) is 43.6 Å². The van der Waals surface area contributed by atoms with Gasteiger partial charge in [0.05, 0.1) is 6.10 Å². The first kappa shape index (κ1) is 12.6. The molecule has 4 atom stereocenters. The highest BCUT2D eigenvalue weighted by molar-refractivity contribution is 5.26.